The summed E-state index contributed by atoms with van der Waals surface area (Å²) in [5.41, 5.74) is 1.77. The van der Waals surface area contributed by atoms with Crippen molar-refractivity contribution in [3.8, 4) is 0 Å². The van der Waals surface area contributed by atoms with Crippen molar-refractivity contribution in [3.05, 3.63) is 52.9 Å². The Morgan fingerprint density at radius 2 is 1.96 bits per heavy atom. The molecule has 23 heavy (non-hydrogen) atoms. The highest BCUT2D eigenvalue weighted by Crippen LogP contribution is 2.28. The van der Waals surface area contributed by atoms with Crippen molar-refractivity contribution in [3.63, 3.8) is 0 Å². The van der Waals surface area contributed by atoms with E-state index in [2.05, 4.69) is 0 Å². The van der Waals surface area contributed by atoms with Crippen LogP contribution < -0.4 is 0 Å². The molecule has 1 aromatic carbocycles. The molecule has 1 unspecified atom stereocenters. The van der Waals surface area contributed by atoms with E-state index in [1.807, 2.05) is 31.2 Å². The monoisotopic (exact) mass is 349 g/mol. The number of rotatable bonds is 4. The van der Waals surface area contributed by atoms with Crippen molar-refractivity contribution >= 4 is 27.1 Å². The number of aryl methyl sites for hydroxylation is 1. The van der Waals surface area contributed by atoms with Gasteiger partial charge in [0.1, 0.15) is 4.21 Å². The third kappa shape index (κ3) is 3.39. The number of Topliss-reactive ketones (excluding diaryl/α,β-unsaturated/α-hetero) is 1. The van der Waals surface area contributed by atoms with Gasteiger partial charge in [0.2, 0.25) is 0 Å². The second-order valence-electron chi connectivity index (χ2n) is 5.86. The van der Waals surface area contributed by atoms with Gasteiger partial charge in [-0.3, -0.25) is 4.79 Å². The molecule has 1 aliphatic heterocycles. The molecule has 1 saturated heterocycles. The largest absolute Gasteiger partial charge is 0.294 e. The number of nitrogens with zero attached hydrogens (tertiary/aromatic N) is 1. The molecule has 0 radical (unpaired) electrons. The van der Waals surface area contributed by atoms with Crippen molar-refractivity contribution in [2.24, 2.45) is 5.92 Å². The number of ketones is 1. The number of carbonyl (C=O) groups is 1. The molecular weight excluding hydrogens is 330 g/mol. The number of hydrogen-bond acceptors (Lipinski definition) is 4. The number of carbonyl (C=O) groups excluding carboxylic acids is 1. The van der Waals surface area contributed by atoms with Crippen LogP contribution in [0.15, 0.2) is 46.0 Å². The summed E-state index contributed by atoms with van der Waals surface area (Å²) in [5.74, 6) is -0.225. The highest BCUT2D eigenvalue weighted by atomic mass is 32.2. The molecule has 122 valence electrons. The summed E-state index contributed by atoms with van der Waals surface area (Å²) in [4.78, 5) is 12.7. The fourth-order valence-electron chi connectivity index (χ4n) is 2.87. The highest BCUT2D eigenvalue weighted by molar-refractivity contribution is 7.91. The van der Waals surface area contributed by atoms with E-state index in [0.29, 0.717) is 22.7 Å². The lowest BCUT2D eigenvalue weighted by Crippen LogP contribution is -2.42. The predicted molar refractivity (Wildman–Crippen MR) is 91.3 cm³/mol. The minimum atomic E-state index is -3.47. The van der Waals surface area contributed by atoms with Gasteiger partial charge in [-0.25, -0.2) is 8.42 Å². The normalized spacial score (nSPS) is 19.6. The molecule has 0 spiro atoms. The molecule has 1 aromatic heterocycles. The van der Waals surface area contributed by atoms with Crippen LogP contribution in [0, 0.1) is 12.8 Å². The summed E-state index contributed by atoms with van der Waals surface area (Å²) in [5, 5.41) is 1.76. The fraction of sp³-hybridized carbons (Fsp3) is 0.353. The molecule has 0 aliphatic carbocycles. The van der Waals surface area contributed by atoms with Crippen LogP contribution in [0.2, 0.25) is 0 Å². The van der Waals surface area contributed by atoms with Crippen molar-refractivity contribution < 1.29 is 13.2 Å². The van der Waals surface area contributed by atoms with Crippen molar-refractivity contribution in [2.45, 2.75) is 24.0 Å². The first-order valence-corrected chi connectivity index (χ1v) is 9.95. The van der Waals surface area contributed by atoms with Gasteiger partial charge in [-0.15, -0.1) is 11.3 Å². The lowest BCUT2D eigenvalue weighted by Gasteiger charge is -2.30. The Bertz CT molecular complexity index is 780. The van der Waals surface area contributed by atoms with Gasteiger partial charge in [-0.05, 0) is 31.2 Å². The van der Waals surface area contributed by atoms with Gasteiger partial charge < -0.3 is 0 Å². The van der Waals surface area contributed by atoms with Crippen molar-refractivity contribution in [2.75, 3.05) is 13.1 Å². The number of sulfonamides is 1. The smallest absolute Gasteiger partial charge is 0.252 e. The summed E-state index contributed by atoms with van der Waals surface area (Å²) in [7, 11) is -3.47. The average molecular weight is 349 g/mol. The molecule has 3 rings (SSSR count). The van der Waals surface area contributed by atoms with E-state index in [-0.39, 0.29) is 18.2 Å². The molecule has 0 bridgehead atoms. The number of piperidine rings is 1. The maximum Gasteiger partial charge on any atom is 0.252 e. The van der Waals surface area contributed by atoms with Crippen molar-refractivity contribution in [1.29, 1.82) is 0 Å². The average Bonchev–Trinajstić information content (AvgIpc) is 3.10. The second-order valence-corrected chi connectivity index (χ2v) is 8.98. The standard InChI is InChI=1S/C17H19NO3S2/c1-13-6-8-14(9-7-13)17(19)15-4-2-10-18(12-15)23(20,21)16-5-3-11-22-16/h3,5-9,11,15H,2,4,10,12H2,1H3. The molecule has 2 aromatic rings. The zero-order valence-corrected chi connectivity index (χ0v) is 14.6. The van der Waals surface area contributed by atoms with Crippen LogP contribution in [-0.2, 0) is 10.0 Å². The Labute approximate surface area is 140 Å². The third-order valence-electron chi connectivity index (χ3n) is 4.18. The third-order valence-corrected chi connectivity index (χ3v) is 7.42. The number of hydrogen-bond donors (Lipinski definition) is 0. The molecule has 1 aliphatic rings. The molecule has 2 heterocycles. The van der Waals surface area contributed by atoms with E-state index in [0.717, 1.165) is 12.0 Å². The Morgan fingerprint density at radius 3 is 2.61 bits per heavy atom. The quantitative estimate of drug-likeness (QED) is 0.796. The molecule has 1 fully saturated rings. The fourth-order valence-corrected chi connectivity index (χ4v) is 5.53. The van der Waals surface area contributed by atoms with Gasteiger partial charge in [0.15, 0.2) is 5.78 Å². The Hall–Kier alpha value is -1.50. The Kier molecular flexibility index (Phi) is 4.66. The van der Waals surface area contributed by atoms with E-state index < -0.39 is 10.0 Å². The summed E-state index contributed by atoms with van der Waals surface area (Å²) >= 11 is 1.22. The highest BCUT2D eigenvalue weighted by Gasteiger charge is 2.33. The number of thiophene rings is 1. The van der Waals surface area contributed by atoms with Gasteiger partial charge in [0.05, 0.1) is 0 Å². The van der Waals surface area contributed by atoms with Gasteiger partial charge in [-0.1, -0.05) is 35.9 Å². The molecular formula is C17H19NO3S2. The van der Waals surface area contributed by atoms with Gasteiger partial charge in [0.25, 0.3) is 10.0 Å². The van der Waals surface area contributed by atoms with Gasteiger partial charge in [0, 0.05) is 24.6 Å². The van der Waals surface area contributed by atoms with Crippen LogP contribution in [0.25, 0.3) is 0 Å². The van der Waals surface area contributed by atoms with E-state index in [9.17, 15) is 13.2 Å². The Morgan fingerprint density at radius 1 is 1.22 bits per heavy atom. The van der Waals surface area contributed by atoms with Gasteiger partial charge >= 0.3 is 0 Å². The minimum absolute atomic E-state index is 0.0380. The van der Waals surface area contributed by atoms with E-state index >= 15 is 0 Å². The molecule has 0 amide bonds. The first kappa shape index (κ1) is 16.4. The maximum absolute atomic E-state index is 12.7. The minimum Gasteiger partial charge on any atom is -0.294 e. The molecule has 0 saturated carbocycles. The zero-order chi connectivity index (χ0) is 16.4. The first-order chi connectivity index (χ1) is 11.0. The molecule has 4 nitrogen and oxygen atoms in total. The van der Waals surface area contributed by atoms with Crippen LogP contribution in [0.5, 0.6) is 0 Å². The van der Waals surface area contributed by atoms with Crippen LogP contribution in [-0.4, -0.2) is 31.6 Å². The first-order valence-electron chi connectivity index (χ1n) is 7.63. The molecule has 1 atom stereocenters. The lowest BCUT2D eigenvalue weighted by molar-refractivity contribution is 0.0872. The van der Waals surface area contributed by atoms with Crippen LogP contribution >= 0.6 is 11.3 Å². The molecule has 0 N–H and O–H groups in total. The predicted octanol–water partition coefficient (Wildman–Crippen LogP) is 3.34. The maximum atomic E-state index is 12.7. The summed E-state index contributed by atoms with van der Waals surface area (Å²) in [6.45, 7) is 2.73. The van der Waals surface area contributed by atoms with Crippen LogP contribution in [0.1, 0.15) is 28.8 Å². The topological polar surface area (TPSA) is 54.5 Å². The summed E-state index contributed by atoms with van der Waals surface area (Å²) < 4.78 is 27.1. The summed E-state index contributed by atoms with van der Waals surface area (Å²) in [6.07, 6.45) is 1.45. The van der Waals surface area contributed by atoms with Crippen molar-refractivity contribution in [1.82, 2.24) is 4.31 Å². The SMILES string of the molecule is Cc1ccc(C(=O)C2CCCN(S(=O)(=O)c3cccs3)C2)cc1. The van der Waals surface area contributed by atoms with Gasteiger partial charge in [-0.2, -0.15) is 4.31 Å². The van der Waals surface area contributed by atoms with E-state index in [1.165, 1.54) is 15.6 Å². The van der Waals surface area contributed by atoms with Crippen LogP contribution in [0.4, 0.5) is 0 Å². The molecule has 6 heteroatoms. The van der Waals surface area contributed by atoms with E-state index in [4.69, 9.17) is 0 Å². The zero-order valence-electron chi connectivity index (χ0n) is 12.9. The Balaban J connectivity index is 1.78. The van der Waals surface area contributed by atoms with E-state index in [1.54, 1.807) is 17.5 Å². The number of benzene rings is 1. The summed E-state index contributed by atoms with van der Waals surface area (Å²) in [6, 6.07) is 10.8. The lowest BCUT2D eigenvalue weighted by atomic mass is 9.91. The van der Waals surface area contributed by atoms with Crippen LogP contribution in [0.3, 0.4) is 0 Å². The second kappa shape index (κ2) is 6.55.